The Morgan fingerprint density at radius 1 is 1.02 bits per heavy atom. The lowest BCUT2D eigenvalue weighted by Crippen LogP contribution is -2.56. The summed E-state index contributed by atoms with van der Waals surface area (Å²) in [7, 11) is 1.70. The first-order valence-electron chi connectivity index (χ1n) is 14.1. The van der Waals surface area contributed by atoms with Gasteiger partial charge in [0, 0.05) is 31.4 Å². The van der Waals surface area contributed by atoms with E-state index in [2.05, 4.69) is 10.6 Å². The number of allylic oxidation sites excluding steroid dienone is 1. The molecule has 2 aromatic rings. The first-order chi connectivity index (χ1) is 19.0. The largest absolute Gasteiger partial charge is 0.383 e. The molecule has 0 spiro atoms. The average Bonchev–Trinajstić information content (AvgIpc) is 3.41. The van der Waals surface area contributed by atoms with Crippen LogP contribution >= 0.6 is 0 Å². The van der Waals surface area contributed by atoms with Crippen LogP contribution in [0.4, 0.5) is 0 Å². The monoisotopic (exact) mass is 548 g/mol. The van der Waals surface area contributed by atoms with Crippen molar-refractivity contribution in [1.82, 2.24) is 20.4 Å². The van der Waals surface area contributed by atoms with Crippen LogP contribution in [0, 0.1) is 5.41 Å². The molecule has 216 valence electrons. The van der Waals surface area contributed by atoms with Gasteiger partial charge in [0.15, 0.2) is 0 Å². The summed E-state index contributed by atoms with van der Waals surface area (Å²) < 4.78 is 0. The van der Waals surface area contributed by atoms with Gasteiger partial charge in [-0.15, -0.1) is 0 Å². The number of amides is 3. The maximum absolute atomic E-state index is 13.9. The molecule has 2 aromatic carbocycles. The van der Waals surface area contributed by atoms with Crippen molar-refractivity contribution in [2.45, 2.75) is 71.6 Å². The number of aliphatic hydroxyl groups is 1. The standard InChI is InChI=1S/C32H44N4O4/c1-23(33-5)29(38)34-28(32(2,3)4)31(40)36-19-12-17-26(36)22-35(20-18-24-13-8-6-9-14-24)30(39)27(37)21-25-15-10-7-11-16-25/h6-11,13-16,22-23,27-28,33,37H,12,17-21H2,1-5H3,(H,34,38)/b26-22+/t23-,27+,28?/m0/s1. The maximum atomic E-state index is 13.9. The van der Waals surface area contributed by atoms with Crippen LogP contribution < -0.4 is 10.6 Å². The summed E-state index contributed by atoms with van der Waals surface area (Å²) >= 11 is 0. The molecule has 40 heavy (non-hydrogen) atoms. The molecule has 1 saturated heterocycles. The number of likely N-dealkylation sites (tertiary alicyclic amines) is 1. The predicted molar refractivity (Wildman–Crippen MR) is 157 cm³/mol. The highest BCUT2D eigenvalue weighted by molar-refractivity contribution is 5.91. The van der Waals surface area contributed by atoms with Gasteiger partial charge < -0.3 is 25.5 Å². The summed E-state index contributed by atoms with van der Waals surface area (Å²) in [5.41, 5.74) is 2.13. The highest BCUT2D eigenvalue weighted by atomic mass is 16.3. The Kier molecular flexibility index (Phi) is 11.0. The number of carbonyl (C=O) groups is 3. The smallest absolute Gasteiger partial charge is 0.255 e. The van der Waals surface area contributed by atoms with Crippen LogP contribution in [-0.2, 0) is 27.2 Å². The minimum absolute atomic E-state index is 0.201. The summed E-state index contributed by atoms with van der Waals surface area (Å²) in [6.07, 6.45) is 2.68. The van der Waals surface area contributed by atoms with Crippen LogP contribution in [0.1, 0.15) is 51.7 Å². The van der Waals surface area contributed by atoms with Crippen molar-refractivity contribution in [2.24, 2.45) is 5.41 Å². The van der Waals surface area contributed by atoms with Crippen molar-refractivity contribution in [3.05, 3.63) is 83.7 Å². The zero-order valence-corrected chi connectivity index (χ0v) is 24.4. The SMILES string of the molecule is CN[C@@H](C)C(=O)NC(C(=O)N1CCC/C1=C\N(CCc1ccccc1)C(=O)[C@H](O)Cc1ccccc1)C(C)(C)C. The van der Waals surface area contributed by atoms with E-state index in [0.717, 1.165) is 17.5 Å². The van der Waals surface area contributed by atoms with Crippen molar-refractivity contribution in [1.29, 1.82) is 0 Å². The Labute approximate surface area is 238 Å². The molecule has 0 radical (unpaired) electrons. The number of nitrogens with zero attached hydrogens (tertiary/aromatic N) is 2. The number of aliphatic hydroxyl groups excluding tert-OH is 1. The highest BCUT2D eigenvalue weighted by Crippen LogP contribution is 2.28. The van der Waals surface area contributed by atoms with Gasteiger partial charge in [-0.25, -0.2) is 0 Å². The Hall–Kier alpha value is -3.49. The van der Waals surface area contributed by atoms with Gasteiger partial charge in [0.1, 0.15) is 12.1 Å². The average molecular weight is 549 g/mol. The van der Waals surface area contributed by atoms with Gasteiger partial charge in [0.25, 0.3) is 5.91 Å². The van der Waals surface area contributed by atoms with E-state index >= 15 is 0 Å². The van der Waals surface area contributed by atoms with Gasteiger partial charge in [-0.3, -0.25) is 14.4 Å². The van der Waals surface area contributed by atoms with Gasteiger partial charge in [-0.2, -0.15) is 0 Å². The van der Waals surface area contributed by atoms with Crippen LogP contribution in [0.2, 0.25) is 0 Å². The quantitative estimate of drug-likeness (QED) is 0.400. The predicted octanol–water partition coefficient (Wildman–Crippen LogP) is 3.26. The van der Waals surface area contributed by atoms with Gasteiger partial charge in [0.2, 0.25) is 11.8 Å². The van der Waals surface area contributed by atoms with Crippen LogP contribution in [0.3, 0.4) is 0 Å². The molecule has 3 rings (SSSR count). The molecule has 3 atom stereocenters. The van der Waals surface area contributed by atoms with Crippen LogP contribution in [0.5, 0.6) is 0 Å². The number of hydrogen-bond acceptors (Lipinski definition) is 5. The summed E-state index contributed by atoms with van der Waals surface area (Å²) in [5.74, 6) is -0.854. The summed E-state index contributed by atoms with van der Waals surface area (Å²) in [5, 5.41) is 16.8. The molecular weight excluding hydrogens is 504 g/mol. The van der Waals surface area contributed by atoms with Gasteiger partial charge in [0.05, 0.1) is 6.04 Å². The zero-order chi connectivity index (χ0) is 29.3. The van der Waals surface area contributed by atoms with E-state index in [1.54, 1.807) is 30.0 Å². The minimum atomic E-state index is -1.22. The van der Waals surface area contributed by atoms with E-state index in [9.17, 15) is 19.5 Å². The third kappa shape index (κ3) is 8.50. The Bertz CT molecular complexity index is 1160. The lowest BCUT2D eigenvalue weighted by Gasteiger charge is -2.35. The molecular formula is C32H44N4O4. The number of benzene rings is 2. The fourth-order valence-corrected chi connectivity index (χ4v) is 4.71. The number of hydrogen-bond donors (Lipinski definition) is 3. The summed E-state index contributed by atoms with van der Waals surface area (Å²) in [6.45, 7) is 8.39. The van der Waals surface area contributed by atoms with Crippen molar-refractivity contribution in [3.63, 3.8) is 0 Å². The molecule has 1 unspecified atom stereocenters. The summed E-state index contributed by atoms with van der Waals surface area (Å²) in [4.78, 5) is 43.3. The van der Waals surface area contributed by atoms with E-state index < -0.39 is 29.5 Å². The number of likely N-dealkylation sites (N-methyl/N-ethyl adjacent to an activating group) is 1. The van der Waals surface area contributed by atoms with E-state index in [4.69, 9.17) is 0 Å². The molecule has 1 aliphatic heterocycles. The Balaban J connectivity index is 1.86. The Morgan fingerprint density at radius 3 is 2.20 bits per heavy atom. The first-order valence-corrected chi connectivity index (χ1v) is 14.1. The minimum Gasteiger partial charge on any atom is -0.383 e. The van der Waals surface area contributed by atoms with Crippen molar-refractivity contribution in [3.8, 4) is 0 Å². The molecule has 8 nitrogen and oxygen atoms in total. The first kappa shape index (κ1) is 31.0. The van der Waals surface area contributed by atoms with Crippen LogP contribution in [0.15, 0.2) is 72.6 Å². The van der Waals surface area contributed by atoms with E-state index in [1.165, 1.54) is 0 Å². The molecule has 3 N–H and O–H groups in total. The molecule has 0 bridgehead atoms. The van der Waals surface area contributed by atoms with E-state index in [1.807, 2.05) is 81.4 Å². The highest BCUT2D eigenvalue weighted by Gasteiger charge is 2.39. The van der Waals surface area contributed by atoms with Crippen LogP contribution in [0.25, 0.3) is 0 Å². The molecule has 0 aliphatic carbocycles. The lowest BCUT2D eigenvalue weighted by atomic mass is 9.85. The molecule has 1 heterocycles. The van der Waals surface area contributed by atoms with Crippen molar-refractivity contribution >= 4 is 17.7 Å². The van der Waals surface area contributed by atoms with Gasteiger partial charge >= 0.3 is 0 Å². The lowest BCUT2D eigenvalue weighted by molar-refractivity contribution is -0.139. The van der Waals surface area contributed by atoms with Crippen molar-refractivity contribution in [2.75, 3.05) is 20.1 Å². The third-order valence-electron chi connectivity index (χ3n) is 7.28. The molecule has 8 heteroatoms. The molecule has 0 saturated carbocycles. The zero-order valence-electron chi connectivity index (χ0n) is 24.4. The second kappa shape index (κ2) is 14.2. The molecule has 0 aromatic heterocycles. The van der Waals surface area contributed by atoms with Crippen molar-refractivity contribution < 1.29 is 19.5 Å². The summed E-state index contributed by atoms with van der Waals surface area (Å²) in [6, 6.07) is 18.1. The number of nitrogens with one attached hydrogen (secondary N) is 2. The number of carbonyl (C=O) groups excluding carboxylic acids is 3. The topological polar surface area (TPSA) is 102 Å². The van der Waals surface area contributed by atoms with E-state index in [-0.39, 0.29) is 18.2 Å². The normalized spacial score (nSPS) is 16.9. The van der Waals surface area contributed by atoms with Gasteiger partial charge in [-0.05, 0) is 49.8 Å². The number of rotatable bonds is 11. The molecule has 1 fully saturated rings. The van der Waals surface area contributed by atoms with E-state index in [0.29, 0.717) is 31.6 Å². The third-order valence-corrected chi connectivity index (χ3v) is 7.28. The maximum Gasteiger partial charge on any atom is 0.255 e. The molecule has 3 amide bonds. The second-order valence-electron chi connectivity index (χ2n) is 11.5. The fraction of sp³-hybridized carbons (Fsp3) is 0.469. The van der Waals surface area contributed by atoms with Gasteiger partial charge in [-0.1, -0.05) is 81.4 Å². The Morgan fingerprint density at radius 2 is 1.62 bits per heavy atom. The fourth-order valence-electron chi connectivity index (χ4n) is 4.71. The second-order valence-corrected chi connectivity index (χ2v) is 11.5. The van der Waals surface area contributed by atoms with Crippen LogP contribution in [-0.4, -0.2) is 71.0 Å². The molecule has 1 aliphatic rings.